The van der Waals surface area contributed by atoms with E-state index in [4.69, 9.17) is 15.6 Å². The van der Waals surface area contributed by atoms with Crippen molar-refractivity contribution in [3.05, 3.63) is 60.9 Å². The summed E-state index contributed by atoms with van der Waals surface area (Å²) in [5.74, 6) is 2.02. The lowest BCUT2D eigenvalue weighted by Gasteiger charge is -2.23. The van der Waals surface area contributed by atoms with Crippen LogP contribution >= 0.6 is 0 Å². The molecule has 29 heavy (non-hydrogen) atoms. The van der Waals surface area contributed by atoms with E-state index in [1.54, 1.807) is 0 Å². The number of fused-ring (bicyclic) bond motifs is 1. The van der Waals surface area contributed by atoms with E-state index < -0.39 is 0 Å². The molecule has 7 heteroatoms. The molecule has 1 fully saturated rings. The zero-order valence-electron chi connectivity index (χ0n) is 16.0. The van der Waals surface area contributed by atoms with Crippen molar-refractivity contribution in [2.24, 2.45) is 0 Å². The van der Waals surface area contributed by atoms with E-state index in [0.29, 0.717) is 5.82 Å². The molecule has 0 amide bonds. The molecule has 1 aliphatic rings. The highest BCUT2D eigenvalue weighted by Gasteiger charge is 2.23. The number of nitrogens with one attached hydrogen (secondary N) is 1. The molecule has 1 saturated heterocycles. The summed E-state index contributed by atoms with van der Waals surface area (Å²) < 4.78 is 7.90. The van der Waals surface area contributed by atoms with Gasteiger partial charge in [-0.05, 0) is 55.8 Å². The Kier molecular flexibility index (Phi) is 4.57. The number of hydrogen-bond acceptors (Lipinski definition) is 6. The van der Waals surface area contributed by atoms with Crippen LogP contribution in [0.15, 0.2) is 60.9 Å². The third-order valence-corrected chi connectivity index (χ3v) is 5.24. The van der Waals surface area contributed by atoms with Gasteiger partial charge in [-0.15, -0.1) is 0 Å². The van der Waals surface area contributed by atoms with Crippen molar-refractivity contribution in [1.82, 2.24) is 25.1 Å². The minimum atomic E-state index is 0.259. The number of nitrogens with two attached hydrogens (primary N) is 1. The number of rotatable bonds is 4. The van der Waals surface area contributed by atoms with Gasteiger partial charge < -0.3 is 15.8 Å². The Morgan fingerprint density at radius 2 is 1.79 bits per heavy atom. The Morgan fingerprint density at radius 3 is 2.55 bits per heavy atom. The lowest BCUT2D eigenvalue weighted by molar-refractivity contribution is 0.354. The molecule has 0 spiro atoms. The average Bonchev–Trinajstić information content (AvgIpc) is 3.17. The first-order chi connectivity index (χ1) is 14.3. The highest BCUT2D eigenvalue weighted by atomic mass is 16.5. The van der Waals surface area contributed by atoms with Crippen molar-refractivity contribution in [2.45, 2.75) is 18.9 Å². The molecule has 0 radical (unpaired) electrons. The second-order valence-corrected chi connectivity index (χ2v) is 7.19. The number of benzene rings is 2. The summed E-state index contributed by atoms with van der Waals surface area (Å²) in [6, 6.07) is 17.9. The predicted octanol–water partition coefficient (Wildman–Crippen LogP) is 3.79. The molecular weight excluding hydrogens is 364 g/mol. The van der Waals surface area contributed by atoms with Crippen molar-refractivity contribution in [3.63, 3.8) is 0 Å². The molecule has 3 N–H and O–H groups in total. The Bertz CT molecular complexity index is 1120. The van der Waals surface area contributed by atoms with Gasteiger partial charge in [0, 0.05) is 12.1 Å². The molecular formula is C22H22N6O. The van der Waals surface area contributed by atoms with Crippen LogP contribution in [0.4, 0.5) is 5.82 Å². The molecule has 0 bridgehead atoms. The molecule has 2 aromatic heterocycles. The van der Waals surface area contributed by atoms with E-state index in [1.165, 1.54) is 6.33 Å². The van der Waals surface area contributed by atoms with Gasteiger partial charge in [-0.2, -0.15) is 5.10 Å². The fraction of sp³-hybridized carbons (Fsp3) is 0.227. The number of nitrogen functional groups attached to an aromatic ring is 1. The summed E-state index contributed by atoms with van der Waals surface area (Å²) in [4.78, 5) is 8.69. The largest absolute Gasteiger partial charge is 0.457 e. The van der Waals surface area contributed by atoms with Gasteiger partial charge in [0.25, 0.3) is 0 Å². The number of hydrogen-bond donors (Lipinski definition) is 2. The van der Waals surface area contributed by atoms with E-state index in [1.807, 2.05) is 59.3 Å². The number of piperidine rings is 1. The number of aromatic nitrogens is 4. The lowest BCUT2D eigenvalue weighted by Crippen LogP contribution is -2.32. The monoisotopic (exact) mass is 386 g/mol. The molecule has 4 aromatic rings. The molecule has 5 rings (SSSR count). The van der Waals surface area contributed by atoms with Crippen LogP contribution in [0.2, 0.25) is 0 Å². The molecule has 0 unspecified atom stereocenters. The highest BCUT2D eigenvalue weighted by Crippen LogP contribution is 2.34. The van der Waals surface area contributed by atoms with Crippen LogP contribution < -0.4 is 15.8 Å². The third-order valence-electron chi connectivity index (χ3n) is 5.24. The van der Waals surface area contributed by atoms with Crippen molar-refractivity contribution >= 4 is 16.9 Å². The van der Waals surface area contributed by atoms with Gasteiger partial charge in [0.15, 0.2) is 5.65 Å². The van der Waals surface area contributed by atoms with Crippen LogP contribution in [0.1, 0.15) is 18.9 Å². The molecule has 3 heterocycles. The number of anilines is 1. The van der Waals surface area contributed by atoms with Crippen LogP contribution in [0.5, 0.6) is 11.5 Å². The van der Waals surface area contributed by atoms with Crippen LogP contribution in [0.3, 0.4) is 0 Å². The summed E-state index contributed by atoms with van der Waals surface area (Å²) >= 11 is 0. The van der Waals surface area contributed by atoms with E-state index in [2.05, 4.69) is 15.3 Å². The summed E-state index contributed by atoms with van der Waals surface area (Å²) in [6.45, 7) is 1.92. The van der Waals surface area contributed by atoms with Crippen LogP contribution in [-0.2, 0) is 0 Å². The number of nitrogens with zero attached hydrogens (tertiary/aromatic N) is 4. The van der Waals surface area contributed by atoms with Gasteiger partial charge in [-0.25, -0.2) is 14.6 Å². The topological polar surface area (TPSA) is 90.9 Å². The highest BCUT2D eigenvalue weighted by molar-refractivity contribution is 5.98. The summed E-state index contributed by atoms with van der Waals surface area (Å²) in [5, 5.41) is 9.15. The normalized spacial score (nSPS) is 16.8. The van der Waals surface area contributed by atoms with Gasteiger partial charge in [0.2, 0.25) is 0 Å². The van der Waals surface area contributed by atoms with Crippen molar-refractivity contribution in [3.8, 4) is 22.8 Å². The standard InChI is InChI=1S/C22H22N6O/c23-21-19-20(15-8-10-18(11-9-15)29-17-6-2-1-3-7-17)27-28(22(19)26-14-25-21)16-5-4-12-24-13-16/h1-3,6-11,14,16,24H,4-5,12-13H2,(H2,23,25,26)/t16-/m0/s1. The van der Waals surface area contributed by atoms with E-state index in [9.17, 15) is 0 Å². The van der Waals surface area contributed by atoms with Gasteiger partial charge in [-0.3, -0.25) is 0 Å². The molecule has 146 valence electrons. The fourth-order valence-corrected chi connectivity index (χ4v) is 3.80. The summed E-state index contributed by atoms with van der Waals surface area (Å²) in [7, 11) is 0. The molecule has 0 aliphatic carbocycles. The smallest absolute Gasteiger partial charge is 0.164 e. The molecule has 7 nitrogen and oxygen atoms in total. The zero-order chi connectivity index (χ0) is 19.6. The van der Waals surface area contributed by atoms with Crippen molar-refractivity contribution < 1.29 is 4.74 Å². The minimum Gasteiger partial charge on any atom is -0.457 e. The maximum atomic E-state index is 6.22. The van der Waals surface area contributed by atoms with Crippen LogP contribution in [0, 0.1) is 0 Å². The van der Waals surface area contributed by atoms with Gasteiger partial charge in [0.1, 0.15) is 29.3 Å². The average molecular weight is 386 g/mol. The van der Waals surface area contributed by atoms with E-state index in [0.717, 1.165) is 59.7 Å². The Labute approximate surface area is 168 Å². The molecule has 2 aromatic carbocycles. The second-order valence-electron chi connectivity index (χ2n) is 7.19. The Hall–Kier alpha value is -3.45. The number of ether oxygens (including phenoxy) is 1. The zero-order valence-corrected chi connectivity index (χ0v) is 16.0. The third kappa shape index (κ3) is 3.40. The Balaban J connectivity index is 1.52. The lowest BCUT2D eigenvalue weighted by atomic mass is 10.1. The fourth-order valence-electron chi connectivity index (χ4n) is 3.80. The first-order valence-electron chi connectivity index (χ1n) is 9.82. The minimum absolute atomic E-state index is 0.259. The summed E-state index contributed by atoms with van der Waals surface area (Å²) in [6.07, 6.45) is 3.69. The molecule has 1 aliphatic heterocycles. The first-order valence-corrected chi connectivity index (χ1v) is 9.82. The molecule has 0 saturated carbocycles. The predicted molar refractivity (Wildman–Crippen MR) is 113 cm³/mol. The summed E-state index contributed by atoms with van der Waals surface area (Å²) in [5.41, 5.74) is 8.77. The van der Waals surface area contributed by atoms with Crippen LogP contribution in [0.25, 0.3) is 22.3 Å². The number of para-hydroxylation sites is 1. The maximum Gasteiger partial charge on any atom is 0.164 e. The quantitative estimate of drug-likeness (QED) is 0.554. The first kappa shape index (κ1) is 17.6. The second kappa shape index (κ2) is 7.52. The SMILES string of the molecule is Nc1ncnc2c1c(-c1ccc(Oc3ccccc3)cc1)nn2[C@H]1CCCNC1. The van der Waals surface area contributed by atoms with Gasteiger partial charge in [-0.1, -0.05) is 18.2 Å². The molecule has 1 atom stereocenters. The van der Waals surface area contributed by atoms with Crippen molar-refractivity contribution in [1.29, 1.82) is 0 Å². The maximum absolute atomic E-state index is 6.22. The van der Waals surface area contributed by atoms with Gasteiger partial charge in [0.05, 0.1) is 11.4 Å². The van der Waals surface area contributed by atoms with Crippen LogP contribution in [-0.4, -0.2) is 32.8 Å². The van der Waals surface area contributed by atoms with Gasteiger partial charge >= 0.3 is 0 Å². The van der Waals surface area contributed by atoms with Crippen molar-refractivity contribution in [2.75, 3.05) is 18.8 Å². The van der Waals surface area contributed by atoms with E-state index in [-0.39, 0.29) is 6.04 Å². The Morgan fingerprint density at radius 1 is 1.00 bits per heavy atom. The van der Waals surface area contributed by atoms with E-state index >= 15 is 0 Å².